The Balaban J connectivity index is 4.57. The molecular formula is C15H25NO3. The van der Waals surface area contributed by atoms with Crippen LogP contribution in [0.3, 0.4) is 0 Å². The van der Waals surface area contributed by atoms with E-state index in [9.17, 15) is 4.79 Å². The summed E-state index contributed by atoms with van der Waals surface area (Å²) in [5.74, 6) is 0.747. The fourth-order valence-electron chi connectivity index (χ4n) is 1.39. The zero-order valence-corrected chi connectivity index (χ0v) is 12.2. The molecule has 0 aromatic rings. The van der Waals surface area contributed by atoms with E-state index in [4.69, 9.17) is 9.84 Å². The first-order chi connectivity index (χ1) is 9.02. The average molecular weight is 267 g/mol. The number of ether oxygens (including phenoxy) is 1. The highest BCUT2D eigenvalue weighted by Crippen LogP contribution is 2.13. The molecule has 0 aliphatic rings. The Morgan fingerprint density at radius 1 is 1.26 bits per heavy atom. The summed E-state index contributed by atoms with van der Waals surface area (Å²) in [5.41, 5.74) is 2.46. The number of hydrogen-bond acceptors (Lipinski definition) is 3. The minimum Gasteiger partial charge on any atom is -0.494 e. The highest BCUT2D eigenvalue weighted by molar-refractivity contribution is 5.54. The lowest BCUT2D eigenvalue weighted by Crippen LogP contribution is -2.12. The highest BCUT2D eigenvalue weighted by Gasteiger charge is 2.03. The monoisotopic (exact) mass is 267 g/mol. The summed E-state index contributed by atoms with van der Waals surface area (Å²) in [4.78, 5) is 10.5. The predicted molar refractivity (Wildman–Crippen MR) is 77.4 cm³/mol. The molecule has 0 bridgehead atoms. The van der Waals surface area contributed by atoms with Gasteiger partial charge in [-0.1, -0.05) is 6.58 Å². The van der Waals surface area contributed by atoms with Crippen LogP contribution in [0, 0.1) is 0 Å². The number of hydrogen-bond donors (Lipinski definition) is 2. The molecule has 0 radical (unpaired) electrons. The molecule has 0 aliphatic heterocycles. The molecule has 0 saturated heterocycles. The van der Waals surface area contributed by atoms with E-state index in [-0.39, 0.29) is 6.61 Å². The first kappa shape index (κ1) is 17.4. The third-order valence-electron chi connectivity index (χ3n) is 2.50. The molecule has 0 aliphatic carbocycles. The van der Waals surface area contributed by atoms with E-state index in [1.54, 1.807) is 6.08 Å². The Morgan fingerprint density at radius 3 is 2.42 bits per heavy atom. The van der Waals surface area contributed by atoms with Gasteiger partial charge in [0, 0.05) is 18.4 Å². The lowest BCUT2D eigenvalue weighted by molar-refractivity contribution is -0.108. The predicted octanol–water partition coefficient (Wildman–Crippen LogP) is 2.67. The van der Waals surface area contributed by atoms with Crippen LogP contribution >= 0.6 is 0 Å². The summed E-state index contributed by atoms with van der Waals surface area (Å²) in [6.07, 6.45) is 5.06. The van der Waals surface area contributed by atoms with E-state index in [2.05, 4.69) is 11.9 Å². The van der Waals surface area contributed by atoms with Crippen molar-refractivity contribution >= 4 is 6.41 Å². The first-order valence-electron chi connectivity index (χ1n) is 6.51. The van der Waals surface area contributed by atoms with Crippen LogP contribution in [0.1, 0.15) is 40.0 Å². The second-order valence-corrected chi connectivity index (χ2v) is 4.60. The molecule has 1 amide bonds. The summed E-state index contributed by atoms with van der Waals surface area (Å²) >= 11 is 0. The number of aliphatic hydroxyl groups is 1. The van der Waals surface area contributed by atoms with Gasteiger partial charge in [0.05, 0.1) is 6.61 Å². The summed E-state index contributed by atoms with van der Waals surface area (Å²) < 4.78 is 5.70. The average Bonchev–Trinajstić information content (AvgIpc) is 2.35. The number of allylic oxidation sites excluding steroid dienone is 3. The molecule has 0 rings (SSSR count). The topological polar surface area (TPSA) is 58.6 Å². The lowest BCUT2D eigenvalue weighted by Gasteiger charge is -2.12. The maximum absolute atomic E-state index is 10.5. The molecule has 0 spiro atoms. The minimum absolute atomic E-state index is 0.221. The van der Waals surface area contributed by atoms with Crippen molar-refractivity contribution in [2.75, 3.05) is 13.2 Å². The van der Waals surface area contributed by atoms with Gasteiger partial charge in [-0.25, -0.2) is 0 Å². The van der Waals surface area contributed by atoms with E-state index in [0.29, 0.717) is 18.7 Å². The van der Waals surface area contributed by atoms with Crippen LogP contribution in [0.4, 0.5) is 0 Å². The molecule has 4 heteroatoms. The maximum atomic E-state index is 10.5. The fraction of sp³-hybridized carbons (Fsp3) is 0.533. The SMILES string of the molecule is C=C(C)/C(=C\C(OCCCCCO)=C(C)C)NC=O. The number of nitrogens with one attached hydrogen (secondary N) is 1. The van der Waals surface area contributed by atoms with Crippen LogP contribution in [-0.4, -0.2) is 24.7 Å². The molecule has 0 fully saturated rings. The maximum Gasteiger partial charge on any atom is 0.211 e. The standard InChI is InChI=1S/C15H25NO3/c1-12(2)14(16-11-18)10-15(13(3)4)19-9-7-5-6-8-17/h10-11,17H,1,5-9H2,2-4H3,(H,16,18)/b14-10+. The van der Waals surface area contributed by atoms with Gasteiger partial charge in [0.2, 0.25) is 6.41 Å². The van der Waals surface area contributed by atoms with Crippen LogP contribution in [0.15, 0.2) is 35.3 Å². The molecule has 0 saturated carbocycles. The Bertz CT molecular complexity index is 352. The van der Waals surface area contributed by atoms with Crippen molar-refractivity contribution in [1.29, 1.82) is 0 Å². The van der Waals surface area contributed by atoms with Crippen molar-refractivity contribution < 1.29 is 14.6 Å². The van der Waals surface area contributed by atoms with E-state index in [1.165, 1.54) is 0 Å². The molecular weight excluding hydrogens is 242 g/mol. The van der Waals surface area contributed by atoms with Gasteiger partial charge in [-0.05, 0) is 51.2 Å². The molecule has 0 heterocycles. The Morgan fingerprint density at radius 2 is 1.95 bits per heavy atom. The number of carbonyl (C=O) groups is 1. The number of unbranched alkanes of at least 4 members (excludes halogenated alkanes) is 2. The number of amides is 1. The second kappa shape index (κ2) is 10.4. The smallest absolute Gasteiger partial charge is 0.211 e. The zero-order chi connectivity index (χ0) is 14.7. The van der Waals surface area contributed by atoms with E-state index in [1.807, 2.05) is 20.8 Å². The molecule has 0 atom stereocenters. The van der Waals surface area contributed by atoms with E-state index in [0.717, 1.165) is 36.2 Å². The number of aliphatic hydroxyl groups excluding tert-OH is 1. The molecule has 0 unspecified atom stereocenters. The van der Waals surface area contributed by atoms with Gasteiger partial charge in [0.15, 0.2) is 0 Å². The Kier molecular flexibility index (Phi) is 9.53. The van der Waals surface area contributed by atoms with Crippen LogP contribution in [-0.2, 0) is 9.53 Å². The molecule has 4 nitrogen and oxygen atoms in total. The summed E-state index contributed by atoms with van der Waals surface area (Å²) in [6, 6.07) is 0. The van der Waals surface area contributed by atoms with Crippen molar-refractivity contribution in [3.63, 3.8) is 0 Å². The van der Waals surface area contributed by atoms with Gasteiger partial charge in [0.1, 0.15) is 5.76 Å². The van der Waals surface area contributed by atoms with Crippen LogP contribution in [0.2, 0.25) is 0 Å². The first-order valence-corrected chi connectivity index (χ1v) is 6.51. The van der Waals surface area contributed by atoms with Crippen LogP contribution in [0.25, 0.3) is 0 Å². The normalized spacial score (nSPS) is 10.8. The fourth-order valence-corrected chi connectivity index (χ4v) is 1.39. The Labute approximate surface area is 115 Å². The van der Waals surface area contributed by atoms with Gasteiger partial charge in [0.25, 0.3) is 0 Å². The second-order valence-electron chi connectivity index (χ2n) is 4.60. The largest absolute Gasteiger partial charge is 0.494 e. The third-order valence-corrected chi connectivity index (χ3v) is 2.50. The summed E-state index contributed by atoms with van der Waals surface area (Å²) in [7, 11) is 0. The van der Waals surface area contributed by atoms with Crippen molar-refractivity contribution in [2.45, 2.75) is 40.0 Å². The van der Waals surface area contributed by atoms with Crippen molar-refractivity contribution in [1.82, 2.24) is 5.32 Å². The molecule has 0 aromatic carbocycles. The molecule has 2 N–H and O–H groups in total. The van der Waals surface area contributed by atoms with Crippen molar-refractivity contribution in [2.24, 2.45) is 0 Å². The summed E-state index contributed by atoms with van der Waals surface area (Å²) in [5, 5.41) is 11.3. The molecule has 108 valence electrons. The third kappa shape index (κ3) is 8.21. The number of rotatable bonds is 10. The van der Waals surface area contributed by atoms with Gasteiger partial charge in [-0.3, -0.25) is 4.79 Å². The molecule has 19 heavy (non-hydrogen) atoms. The van der Waals surface area contributed by atoms with Gasteiger partial charge in [-0.2, -0.15) is 0 Å². The van der Waals surface area contributed by atoms with Crippen LogP contribution < -0.4 is 5.32 Å². The highest BCUT2D eigenvalue weighted by atomic mass is 16.5. The van der Waals surface area contributed by atoms with Crippen molar-refractivity contribution in [3.05, 3.63) is 35.3 Å². The van der Waals surface area contributed by atoms with Crippen LogP contribution in [0.5, 0.6) is 0 Å². The lowest BCUT2D eigenvalue weighted by atomic mass is 10.2. The van der Waals surface area contributed by atoms with Gasteiger partial charge in [-0.15, -0.1) is 0 Å². The van der Waals surface area contributed by atoms with E-state index >= 15 is 0 Å². The zero-order valence-electron chi connectivity index (χ0n) is 12.2. The Hall–Kier alpha value is -1.55. The summed E-state index contributed by atoms with van der Waals surface area (Å²) in [6.45, 7) is 10.4. The number of carbonyl (C=O) groups excluding carboxylic acids is 1. The van der Waals surface area contributed by atoms with Gasteiger partial charge >= 0.3 is 0 Å². The minimum atomic E-state index is 0.221. The quantitative estimate of drug-likeness (QED) is 0.277. The van der Waals surface area contributed by atoms with E-state index < -0.39 is 0 Å². The van der Waals surface area contributed by atoms with Gasteiger partial charge < -0.3 is 15.2 Å². The molecule has 0 aromatic heterocycles. The van der Waals surface area contributed by atoms with Crippen molar-refractivity contribution in [3.8, 4) is 0 Å².